The van der Waals surface area contributed by atoms with Crippen LogP contribution in [0.1, 0.15) is 0 Å². The van der Waals surface area contributed by atoms with Crippen LogP contribution >= 0.6 is 0 Å². The quantitative estimate of drug-likeness (QED) is 0.708. The van der Waals surface area contributed by atoms with Crippen LogP contribution in [0.4, 0.5) is 13.2 Å². The Morgan fingerprint density at radius 1 is 1.29 bits per heavy atom. The minimum atomic E-state index is -4.69. The van der Waals surface area contributed by atoms with Gasteiger partial charge < -0.3 is 4.74 Å². The zero-order valence-electron chi connectivity index (χ0n) is 6.82. The molecule has 0 spiro atoms. The molecule has 0 aliphatic rings. The largest absolute Gasteiger partial charge is 0.574 e. The van der Waals surface area contributed by atoms with Crippen LogP contribution in [-0.2, 0) is 0 Å². The van der Waals surface area contributed by atoms with Crippen molar-refractivity contribution in [1.82, 2.24) is 9.38 Å². The average molecular weight is 202 g/mol. The van der Waals surface area contributed by atoms with Gasteiger partial charge in [-0.3, -0.25) is 4.40 Å². The molecular formula is C8H5F3N2O. The van der Waals surface area contributed by atoms with E-state index >= 15 is 0 Å². The van der Waals surface area contributed by atoms with E-state index in [4.69, 9.17) is 0 Å². The summed E-state index contributed by atoms with van der Waals surface area (Å²) in [6.45, 7) is 0. The number of halogens is 3. The second-order valence-electron chi connectivity index (χ2n) is 2.57. The van der Waals surface area contributed by atoms with Crippen LogP contribution in [0.2, 0.25) is 0 Å². The lowest BCUT2D eigenvalue weighted by molar-refractivity contribution is -0.276. The molecule has 0 aliphatic carbocycles. The SMILES string of the molecule is FC(F)(F)Oc1cnc2ccccn12. The second kappa shape index (κ2) is 2.90. The predicted molar refractivity (Wildman–Crippen MR) is 41.9 cm³/mol. The maximum Gasteiger partial charge on any atom is 0.574 e. The highest BCUT2D eigenvalue weighted by atomic mass is 19.4. The summed E-state index contributed by atoms with van der Waals surface area (Å²) < 4.78 is 40.6. The number of aromatic nitrogens is 2. The molecule has 6 heteroatoms. The van der Waals surface area contributed by atoms with E-state index in [2.05, 4.69) is 9.72 Å². The van der Waals surface area contributed by atoms with E-state index in [0.29, 0.717) is 5.65 Å². The number of hydrogen-bond donors (Lipinski definition) is 0. The average Bonchev–Trinajstić information content (AvgIpc) is 2.47. The van der Waals surface area contributed by atoms with Crippen LogP contribution in [0.3, 0.4) is 0 Å². The Labute approximate surface area is 76.7 Å². The standard InChI is InChI=1S/C8H5F3N2O/c9-8(10,11)14-7-5-12-6-3-1-2-4-13(6)7/h1-5H. The first-order valence-corrected chi connectivity index (χ1v) is 3.74. The maximum absolute atomic E-state index is 11.9. The molecule has 0 atom stereocenters. The molecule has 74 valence electrons. The van der Waals surface area contributed by atoms with E-state index in [9.17, 15) is 13.2 Å². The summed E-state index contributed by atoms with van der Waals surface area (Å²) in [5.41, 5.74) is 0.409. The molecule has 0 N–H and O–H groups in total. The molecule has 2 aromatic heterocycles. The smallest absolute Gasteiger partial charge is 0.388 e. The first kappa shape index (κ1) is 8.86. The van der Waals surface area contributed by atoms with Gasteiger partial charge in [0.15, 0.2) is 0 Å². The zero-order valence-corrected chi connectivity index (χ0v) is 6.82. The minimum absolute atomic E-state index is 0.340. The summed E-state index contributed by atoms with van der Waals surface area (Å²) in [6, 6.07) is 4.86. The summed E-state index contributed by atoms with van der Waals surface area (Å²) in [7, 11) is 0. The van der Waals surface area contributed by atoms with Crippen molar-refractivity contribution >= 4 is 5.65 Å². The molecule has 0 saturated carbocycles. The summed E-state index contributed by atoms with van der Waals surface area (Å²) in [5, 5.41) is 0. The van der Waals surface area contributed by atoms with Gasteiger partial charge in [0.05, 0.1) is 6.20 Å². The summed E-state index contributed by atoms with van der Waals surface area (Å²) >= 11 is 0. The van der Waals surface area contributed by atoms with Crippen molar-refractivity contribution < 1.29 is 17.9 Å². The molecular weight excluding hydrogens is 197 g/mol. The van der Waals surface area contributed by atoms with Gasteiger partial charge in [-0.15, -0.1) is 13.2 Å². The molecule has 0 fully saturated rings. The van der Waals surface area contributed by atoms with E-state index in [1.165, 1.54) is 10.6 Å². The number of imidazole rings is 1. The number of nitrogens with zero attached hydrogens (tertiary/aromatic N) is 2. The van der Waals surface area contributed by atoms with Gasteiger partial charge >= 0.3 is 6.36 Å². The predicted octanol–water partition coefficient (Wildman–Crippen LogP) is 2.23. The van der Waals surface area contributed by atoms with Gasteiger partial charge in [0, 0.05) is 6.20 Å². The Morgan fingerprint density at radius 3 is 2.79 bits per heavy atom. The summed E-state index contributed by atoms with van der Waals surface area (Å²) in [4.78, 5) is 3.74. The number of fused-ring (bicyclic) bond motifs is 1. The van der Waals surface area contributed by atoms with Crippen molar-refractivity contribution in [2.75, 3.05) is 0 Å². The molecule has 0 amide bonds. The van der Waals surface area contributed by atoms with Gasteiger partial charge in [0.1, 0.15) is 5.65 Å². The molecule has 2 aromatic rings. The number of rotatable bonds is 1. The molecule has 3 nitrogen and oxygen atoms in total. The molecule has 0 aliphatic heterocycles. The first-order chi connectivity index (χ1) is 6.56. The van der Waals surface area contributed by atoms with Crippen LogP contribution in [0.15, 0.2) is 30.6 Å². The molecule has 14 heavy (non-hydrogen) atoms. The first-order valence-electron chi connectivity index (χ1n) is 3.74. The fourth-order valence-corrected chi connectivity index (χ4v) is 1.10. The van der Waals surface area contributed by atoms with Crippen LogP contribution in [-0.4, -0.2) is 15.7 Å². The normalized spacial score (nSPS) is 11.9. The topological polar surface area (TPSA) is 26.5 Å². The van der Waals surface area contributed by atoms with Crippen LogP contribution in [0, 0.1) is 0 Å². The van der Waals surface area contributed by atoms with Crippen molar-refractivity contribution in [3.05, 3.63) is 30.6 Å². The van der Waals surface area contributed by atoms with Crippen LogP contribution < -0.4 is 4.74 Å². The van der Waals surface area contributed by atoms with Crippen molar-refractivity contribution in [3.8, 4) is 5.88 Å². The summed E-state index contributed by atoms with van der Waals surface area (Å²) in [6.07, 6.45) is -2.21. The Bertz CT molecular complexity index is 449. The number of pyridine rings is 1. The minimum Gasteiger partial charge on any atom is -0.388 e. The Balaban J connectivity index is 2.44. The van der Waals surface area contributed by atoms with Crippen molar-refractivity contribution in [3.63, 3.8) is 0 Å². The van der Waals surface area contributed by atoms with Gasteiger partial charge in [0.25, 0.3) is 0 Å². The Morgan fingerprint density at radius 2 is 2.07 bits per heavy atom. The fourth-order valence-electron chi connectivity index (χ4n) is 1.10. The molecule has 0 unspecified atom stereocenters. The van der Waals surface area contributed by atoms with Crippen molar-refractivity contribution in [2.24, 2.45) is 0 Å². The lowest BCUT2D eigenvalue weighted by atomic mass is 10.5. The molecule has 2 heterocycles. The Kier molecular flexibility index (Phi) is 1.83. The van der Waals surface area contributed by atoms with Gasteiger partial charge in [-0.1, -0.05) is 6.07 Å². The van der Waals surface area contributed by atoms with Gasteiger partial charge in [-0.05, 0) is 12.1 Å². The highest BCUT2D eigenvalue weighted by Crippen LogP contribution is 2.22. The molecule has 0 saturated heterocycles. The van der Waals surface area contributed by atoms with Gasteiger partial charge in [-0.25, -0.2) is 4.98 Å². The number of ether oxygens (including phenoxy) is 1. The third-order valence-electron chi connectivity index (χ3n) is 1.60. The van der Waals surface area contributed by atoms with Crippen LogP contribution in [0.25, 0.3) is 5.65 Å². The molecule has 0 radical (unpaired) electrons. The zero-order chi connectivity index (χ0) is 10.2. The van der Waals surface area contributed by atoms with E-state index in [0.717, 1.165) is 6.20 Å². The van der Waals surface area contributed by atoms with Crippen LogP contribution in [0.5, 0.6) is 5.88 Å². The highest BCUT2D eigenvalue weighted by Gasteiger charge is 2.32. The third kappa shape index (κ3) is 1.63. The fraction of sp³-hybridized carbons (Fsp3) is 0.125. The highest BCUT2D eigenvalue weighted by molar-refractivity contribution is 5.41. The number of alkyl halides is 3. The van der Waals surface area contributed by atoms with Gasteiger partial charge in [-0.2, -0.15) is 0 Å². The lowest BCUT2D eigenvalue weighted by Gasteiger charge is -2.07. The maximum atomic E-state index is 11.9. The monoisotopic (exact) mass is 202 g/mol. The number of hydrogen-bond acceptors (Lipinski definition) is 2. The van der Waals surface area contributed by atoms with Crippen molar-refractivity contribution in [1.29, 1.82) is 0 Å². The lowest BCUT2D eigenvalue weighted by Crippen LogP contribution is -2.18. The Hall–Kier alpha value is -1.72. The van der Waals surface area contributed by atoms with E-state index in [-0.39, 0.29) is 5.88 Å². The van der Waals surface area contributed by atoms with E-state index < -0.39 is 6.36 Å². The third-order valence-corrected chi connectivity index (χ3v) is 1.60. The van der Waals surface area contributed by atoms with E-state index in [1.54, 1.807) is 18.2 Å². The molecule has 0 bridgehead atoms. The van der Waals surface area contributed by atoms with Gasteiger partial charge in [0.2, 0.25) is 5.88 Å². The molecule has 0 aromatic carbocycles. The van der Waals surface area contributed by atoms with Crippen molar-refractivity contribution in [2.45, 2.75) is 6.36 Å². The van der Waals surface area contributed by atoms with E-state index in [1.807, 2.05) is 0 Å². The molecule has 2 rings (SSSR count). The second-order valence-corrected chi connectivity index (χ2v) is 2.57. The summed E-state index contributed by atoms with van der Waals surface area (Å²) in [5.74, 6) is -0.340.